The molecule has 6 nitrogen and oxygen atoms in total. The first kappa shape index (κ1) is 10.9. The van der Waals surface area contributed by atoms with Crippen LogP contribution in [-0.4, -0.2) is 14.7 Å². The fourth-order valence-corrected chi connectivity index (χ4v) is 2.14. The number of aromatic nitrogens is 2. The molecule has 2 aromatic heterocycles. The lowest BCUT2D eigenvalue weighted by Gasteiger charge is -2.00. The van der Waals surface area contributed by atoms with Crippen LogP contribution in [0.3, 0.4) is 0 Å². The number of rotatable bonds is 3. The number of nitrogens with zero attached hydrogens (tertiary/aromatic N) is 3. The molecule has 16 heavy (non-hydrogen) atoms. The van der Waals surface area contributed by atoms with Gasteiger partial charge in [-0.3, -0.25) is 10.1 Å². The van der Waals surface area contributed by atoms with E-state index in [0.717, 1.165) is 16.2 Å². The summed E-state index contributed by atoms with van der Waals surface area (Å²) in [5.41, 5.74) is 5.66. The van der Waals surface area contributed by atoms with Crippen molar-refractivity contribution in [3.63, 3.8) is 0 Å². The first-order valence-electron chi connectivity index (χ1n) is 4.28. The van der Waals surface area contributed by atoms with Crippen LogP contribution < -0.4 is 5.73 Å². The van der Waals surface area contributed by atoms with Crippen LogP contribution in [0.2, 0.25) is 5.02 Å². The Morgan fingerprint density at radius 3 is 2.88 bits per heavy atom. The minimum atomic E-state index is -0.423. The molecule has 0 aliphatic rings. The van der Waals surface area contributed by atoms with Crippen LogP contribution in [0.4, 0.5) is 10.8 Å². The van der Waals surface area contributed by atoms with Crippen LogP contribution in [0.5, 0.6) is 0 Å². The Morgan fingerprint density at radius 1 is 1.62 bits per heavy atom. The van der Waals surface area contributed by atoms with Gasteiger partial charge in [-0.25, -0.2) is 4.68 Å². The summed E-state index contributed by atoms with van der Waals surface area (Å²) in [6.07, 6.45) is 1.44. The maximum absolute atomic E-state index is 10.5. The van der Waals surface area contributed by atoms with Crippen LogP contribution in [0, 0.1) is 10.1 Å². The molecule has 84 valence electrons. The van der Waals surface area contributed by atoms with Gasteiger partial charge in [-0.15, -0.1) is 0 Å². The molecule has 0 atom stereocenters. The van der Waals surface area contributed by atoms with Crippen molar-refractivity contribution >= 4 is 33.8 Å². The third-order valence-corrected chi connectivity index (χ3v) is 3.28. The van der Waals surface area contributed by atoms with Crippen LogP contribution >= 0.6 is 22.9 Å². The molecule has 0 bridgehead atoms. The van der Waals surface area contributed by atoms with E-state index in [4.69, 9.17) is 17.3 Å². The van der Waals surface area contributed by atoms with Crippen molar-refractivity contribution in [3.05, 3.63) is 38.3 Å². The lowest BCUT2D eigenvalue weighted by molar-refractivity contribution is -0.380. The van der Waals surface area contributed by atoms with Gasteiger partial charge in [0.05, 0.1) is 17.7 Å². The van der Waals surface area contributed by atoms with Crippen LogP contribution in [0.25, 0.3) is 0 Å². The van der Waals surface area contributed by atoms with Crippen LogP contribution in [-0.2, 0) is 6.54 Å². The number of nitrogens with two attached hydrogens (primary N) is 1. The summed E-state index contributed by atoms with van der Waals surface area (Å²) in [5.74, 6) is 0.359. The fraction of sp³-hybridized carbons (Fsp3) is 0.125. The van der Waals surface area contributed by atoms with Crippen molar-refractivity contribution in [1.82, 2.24) is 9.78 Å². The highest BCUT2D eigenvalue weighted by molar-refractivity contribution is 7.15. The summed E-state index contributed by atoms with van der Waals surface area (Å²) in [6, 6.07) is 3.14. The Labute approximate surface area is 99.4 Å². The molecule has 0 saturated heterocycles. The third kappa shape index (κ3) is 2.00. The van der Waals surface area contributed by atoms with Crippen molar-refractivity contribution in [2.75, 3.05) is 5.73 Å². The van der Waals surface area contributed by atoms with E-state index in [1.807, 2.05) is 0 Å². The van der Waals surface area contributed by atoms with Gasteiger partial charge in [0, 0.05) is 10.9 Å². The Balaban J connectivity index is 2.21. The summed E-state index contributed by atoms with van der Waals surface area (Å²) in [6.45, 7) is 0.386. The molecule has 0 unspecified atom stereocenters. The number of hydrogen-bond donors (Lipinski definition) is 1. The summed E-state index contributed by atoms with van der Waals surface area (Å²) in [7, 11) is 0. The highest BCUT2D eigenvalue weighted by atomic mass is 35.5. The second-order valence-corrected chi connectivity index (χ2v) is 4.59. The Morgan fingerprint density at radius 2 is 2.38 bits per heavy atom. The summed E-state index contributed by atoms with van der Waals surface area (Å²) in [4.78, 5) is 10.9. The molecule has 0 spiro atoms. The second kappa shape index (κ2) is 4.11. The lowest BCUT2D eigenvalue weighted by Crippen LogP contribution is -2.04. The Bertz CT molecular complexity index is 536. The average Bonchev–Trinajstić information content (AvgIpc) is 2.81. The van der Waals surface area contributed by atoms with Crippen molar-refractivity contribution in [3.8, 4) is 0 Å². The van der Waals surface area contributed by atoms with Gasteiger partial charge in [-0.05, 0) is 6.07 Å². The smallest absolute Gasteiger partial charge is 0.324 e. The molecular formula is C8H7ClN4O2S. The number of thiophene rings is 1. The summed E-state index contributed by atoms with van der Waals surface area (Å²) < 4.78 is 1.50. The molecule has 0 aliphatic carbocycles. The maximum atomic E-state index is 10.5. The quantitative estimate of drug-likeness (QED) is 0.675. The third-order valence-electron chi connectivity index (χ3n) is 1.97. The molecule has 2 aromatic rings. The normalized spacial score (nSPS) is 10.6. The van der Waals surface area contributed by atoms with Gasteiger partial charge in [-0.2, -0.15) is 5.10 Å². The van der Waals surface area contributed by atoms with E-state index in [-0.39, 0.29) is 5.00 Å². The molecule has 8 heteroatoms. The Hall–Kier alpha value is -1.60. The van der Waals surface area contributed by atoms with Crippen LogP contribution in [0.15, 0.2) is 18.3 Å². The zero-order valence-electron chi connectivity index (χ0n) is 7.96. The highest BCUT2D eigenvalue weighted by Gasteiger charge is 2.12. The van der Waals surface area contributed by atoms with Gasteiger partial charge in [-0.1, -0.05) is 22.9 Å². The number of hydrogen-bond acceptors (Lipinski definition) is 5. The lowest BCUT2D eigenvalue weighted by atomic mass is 10.4. The predicted octanol–water partition coefficient (Wildman–Crippen LogP) is 2.14. The van der Waals surface area contributed by atoms with Crippen molar-refractivity contribution in [1.29, 1.82) is 0 Å². The van der Waals surface area contributed by atoms with Gasteiger partial charge in [0.15, 0.2) is 0 Å². The predicted molar refractivity (Wildman–Crippen MR) is 61.7 cm³/mol. The number of anilines is 1. The van der Waals surface area contributed by atoms with Crippen molar-refractivity contribution in [2.45, 2.75) is 6.54 Å². The molecule has 2 N–H and O–H groups in total. The summed E-state index contributed by atoms with van der Waals surface area (Å²) in [5, 5.41) is 14.9. The number of nitrogen functional groups attached to an aromatic ring is 1. The molecular weight excluding hydrogens is 252 g/mol. The molecule has 0 radical (unpaired) electrons. The van der Waals surface area contributed by atoms with E-state index in [1.165, 1.54) is 16.9 Å². The number of nitro groups is 1. The molecule has 0 aromatic carbocycles. The van der Waals surface area contributed by atoms with Gasteiger partial charge < -0.3 is 5.73 Å². The topological polar surface area (TPSA) is 87.0 Å². The largest absolute Gasteiger partial charge is 0.383 e. The van der Waals surface area contributed by atoms with E-state index in [2.05, 4.69) is 5.10 Å². The van der Waals surface area contributed by atoms with Gasteiger partial charge in [0.1, 0.15) is 10.8 Å². The van der Waals surface area contributed by atoms with E-state index >= 15 is 0 Å². The van der Waals surface area contributed by atoms with Gasteiger partial charge in [0.25, 0.3) is 0 Å². The van der Waals surface area contributed by atoms with E-state index in [0.29, 0.717) is 17.4 Å². The van der Waals surface area contributed by atoms with E-state index in [9.17, 15) is 10.1 Å². The minimum Gasteiger partial charge on any atom is -0.383 e. The Kier molecular flexibility index (Phi) is 2.80. The van der Waals surface area contributed by atoms with E-state index < -0.39 is 4.92 Å². The fourth-order valence-electron chi connectivity index (χ4n) is 1.20. The summed E-state index contributed by atoms with van der Waals surface area (Å²) >= 11 is 6.83. The molecule has 0 amide bonds. The van der Waals surface area contributed by atoms with Crippen molar-refractivity contribution < 1.29 is 4.92 Å². The molecule has 2 heterocycles. The first-order chi connectivity index (χ1) is 7.58. The molecule has 0 saturated carbocycles. The first-order valence-corrected chi connectivity index (χ1v) is 5.47. The molecule has 2 rings (SSSR count). The zero-order valence-corrected chi connectivity index (χ0v) is 9.53. The second-order valence-electron chi connectivity index (χ2n) is 3.03. The SMILES string of the molecule is Nc1c(Cl)cnn1Cc1ccc([N+](=O)[O-])s1. The monoisotopic (exact) mass is 258 g/mol. The highest BCUT2D eigenvalue weighted by Crippen LogP contribution is 2.26. The average molecular weight is 259 g/mol. The molecule has 0 aliphatic heterocycles. The minimum absolute atomic E-state index is 0.104. The zero-order chi connectivity index (χ0) is 11.7. The van der Waals surface area contributed by atoms with Crippen molar-refractivity contribution in [2.24, 2.45) is 0 Å². The molecule has 0 fully saturated rings. The number of halogens is 1. The van der Waals surface area contributed by atoms with E-state index in [1.54, 1.807) is 6.07 Å². The van der Waals surface area contributed by atoms with Crippen LogP contribution in [0.1, 0.15) is 4.88 Å². The standard InChI is InChI=1S/C8H7ClN4O2S/c9-6-3-11-12(8(6)10)4-5-1-2-7(16-5)13(14)15/h1-3H,4,10H2. The van der Waals surface area contributed by atoms with Gasteiger partial charge in [0.2, 0.25) is 0 Å². The maximum Gasteiger partial charge on any atom is 0.324 e. The van der Waals surface area contributed by atoms with Gasteiger partial charge >= 0.3 is 5.00 Å².